The maximum atomic E-state index is 5.41. The molecule has 0 amide bonds. The highest BCUT2D eigenvalue weighted by Gasteiger charge is 2.31. The molecule has 0 atom stereocenters. The molecule has 2 fully saturated rings. The van der Waals surface area contributed by atoms with Gasteiger partial charge in [0.25, 0.3) is 0 Å². The van der Waals surface area contributed by atoms with E-state index in [2.05, 4.69) is 24.2 Å². The molecule has 0 aromatic heterocycles. The molecule has 2 heterocycles. The van der Waals surface area contributed by atoms with Crippen LogP contribution in [0.1, 0.15) is 32.6 Å². The Morgan fingerprint density at radius 3 is 2.33 bits per heavy atom. The number of hydrogen-bond donors (Lipinski definition) is 1. The number of nitrogens with zero attached hydrogens (tertiary/aromatic N) is 1. The van der Waals surface area contributed by atoms with Crippen molar-refractivity contribution in [1.29, 1.82) is 0 Å². The molecule has 2 rings (SSSR count). The summed E-state index contributed by atoms with van der Waals surface area (Å²) in [6, 6.07) is 0.792. The summed E-state index contributed by atoms with van der Waals surface area (Å²) in [4.78, 5) is 2.67. The minimum atomic E-state index is 0.377. The van der Waals surface area contributed by atoms with Crippen LogP contribution in [0.25, 0.3) is 0 Å². The second kappa shape index (κ2) is 4.81. The monoisotopic (exact) mass is 212 g/mol. The fraction of sp³-hybridized carbons (Fsp3) is 1.00. The first-order valence-electron chi connectivity index (χ1n) is 6.24. The minimum absolute atomic E-state index is 0.377. The molecular formula is C12H24N2O. The van der Waals surface area contributed by atoms with Gasteiger partial charge in [-0.25, -0.2) is 0 Å². The number of ether oxygens (including phenoxy) is 1. The van der Waals surface area contributed by atoms with Gasteiger partial charge in [-0.1, -0.05) is 0 Å². The maximum absolute atomic E-state index is 5.41. The van der Waals surface area contributed by atoms with Crippen LogP contribution in [0, 0.1) is 0 Å². The van der Waals surface area contributed by atoms with Crippen LogP contribution in [0.5, 0.6) is 0 Å². The summed E-state index contributed by atoms with van der Waals surface area (Å²) in [5.74, 6) is 0. The predicted octanol–water partition coefficient (Wildman–Crippen LogP) is 1.24. The van der Waals surface area contributed by atoms with E-state index in [0.717, 1.165) is 19.3 Å². The van der Waals surface area contributed by atoms with Crippen LogP contribution in [0.15, 0.2) is 0 Å². The highest BCUT2D eigenvalue weighted by Crippen LogP contribution is 2.25. The lowest BCUT2D eigenvalue weighted by Crippen LogP contribution is -2.53. The van der Waals surface area contributed by atoms with Gasteiger partial charge in [0.2, 0.25) is 0 Å². The van der Waals surface area contributed by atoms with E-state index in [1.165, 1.54) is 38.8 Å². The Hall–Kier alpha value is -0.120. The second-order valence-corrected chi connectivity index (χ2v) is 5.19. The topological polar surface area (TPSA) is 24.5 Å². The van der Waals surface area contributed by atoms with Crippen molar-refractivity contribution in [1.82, 2.24) is 10.2 Å². The molecule has 3 nitrogen and oxygen atoms in total. The van der Waals surface area contributed by atoms with E-state index in [-0.39, 0.29) is 0 Å². The van der Waals surface area contributed by atoms with E-state index < -0.39 is 0 Å². The first-order valence-corrected chi connectivity index (χ1v) is 6.24. The molecule has 3 heteroatoms. The lowest BCUT2D eigenvalue weighted by atomic mass is 9.88. The molecule has 2 aliphatic heterocycles. The summed E-state index contributed by atoms with van der Waals surface area (Å²) in [5.41, 5.74) is 0.377. The van der Waals surface area contributed by atoms with Crippen molar-refractivity contribution < 1.29 is 4.74 Å². The quantitative estimate of drug-likeness (QED) is 0.745. The molecule has 2 aliphatic rings. The second-order valence-electron chi connectivity index (χ2n) is 5.19. The average molecular weight is 212 g/mol. The molecular weight excluding hydrogens is 188 g/mol. The third-order valence-electron chi connectivity index (χ3n) is 4.21. The summed E-state index contributed by atoms with van der Waals surface area (Å²) in [7, 11) is 2.09. The van der Waals surface area contributed by atoms with Gasteiger partial charge in [0.1, 0.15) is 0 Å². The summed E-state index contributed by atoms with van der Waals surface area (Å²) in [6.45, 7) is 6.77. The van der Waals surface area contributed by atoms with Crippen LogP contribution >= 0.6 is 0 Å². The summed E-state index contributed by atoms with van der Waals surface area (Å²) in [5, 5.41) is 3.45. The number of rotatable bonds is 2. The normalized spacial score (nSPS) is 29.2. The highest BCUT2D eigenvalue weighted by atomic mass is 16.5. The molecule has 0 aromatic carbocycles. The average Bonchev–Trinajstić information content (AvgIpc) is 2.31. The molecule has 0 spiro atoms. The number of piperidine rings is 1. The van der Waals surface area contributed by atoms with E-state index >= 15 is 0 Å². The minimum Gasteiger partial charge on any atom is -0.381 e. The van der Waals surface area contributed by atoms with Gasteiger partial charge in [0, 0.05) is 37.9 Å². The molecule has 0 aromatic rings. The Labute approximate surface area is 93.2 Å². The summed E-state index contributed by atoms with van der Waals surface area (Å²) >= 11 is 0. The summed E-state index contributed by atoms with van der Waals surface area (Å²) < 4.78 is 5.41. The lowest BCUT2D eigenvalue weighted by molar-refractivity contribution is 0.0167. The molecule has 0 aliphatic carbocycles. The summed E-state index contributed by atoms with van der Waals surface area (Å²) in [6.07, 6.45) is 5.02. The zero-order valence-electron chi connectivity index (χ0n) is 10.1. The van der Waals surface area contributed by atoms with Crippen molar-refractivity contribution in [3.63, 3.8) is 0 Å². The molecule has 0 saturated carbocycles. The third-order valence-corrected chi connectivity index (χ3v) is 4.21. The van der Waals surface area contributed by atoms with Crippen LogP contribution in [0.4, 0.5) is 0 Å². The van der Waals surface area contributed by atoms with E-state index in [9.17, 15) is 0 Å². The van der Waals surface area contributed by atoms with Gasteiger partial charge in [-0.2, -0.15) is 0 Å². The van der Waals surface area contributed by atoms with Crippen molar-refractivity contribution in [3.05, 3.63) is 0 Å². The smallest absolute Gasteiger partial charge is 0.0480 e. The zero-order valence-corrected chi connectivity index (χ0v) is 10.1. The van der Waals surface area contributed by atoms with Gasteiger partial charge >= 0.3 is 0 Å². The molecule has 0 unspecified atom stereocenters. The Morgan fingerprint density at radius 1 is 1.20 bits per heavy atom. The zero-order chi connectivity index (χ0) is 10.7. The maximum Gasteiger partial charge on any atom is 0.0480 e. The van der Waals surface area contributed by atoms with Gasteiger partial charge in [-0.3, -0.25) is 0 Å². The molecule has 2 saturated heterocycles. The molecule has 0 bridgehead atoms. The van der Waals surface area contributed by atoms with Crippen molar-refractivity contribution >= 4 is 0 Å². The third kappa shape index (κ3) is 2.71. The molecule has 88 valence electrons. The lowest BCUT2D eigenvalue weighted by Gasteiger charge is -2.43. The molecule has 0 radical (unpaired) electrons. The Morgan fingerprint density at radius 2 is 1.80 bits per heavy atom. The number of hydrogen-bond acceptors (Lipinski definition) is 3. The fourth-order valence-electron chi connectivity index (χ4n) is 2.68. The Bertz CT molecular complexity index is 194. The number of likely N-dealkylation sites (tertiary alicyclic amines) is 1. The highest BCUT2D eigenvalue weighted by molar-refractivity contribution is 4.90. The predicted molar refractivity (Wildman–Crippen MR) is 62.1 cm³/mol. The first kappa shape index (κ1) is 11.4. The largest absolute Gasteiger partial charge is 0.381 e. The Kier molecular flexibility index (Phi) is 3.65. The van der Waals surface area contributed by atoms with Crippen LogP contribution in [0.2, 0.25) is 0 Å². The van der Waals surface area contributed by atoms with Crippen molar-refractivity contribution in [3.8, 4) is 0 Å². The van der Waals surface area contributed by atoms with Crippen LogP contribution in [-0.2, 0) is 4.74 Å². The van der Waals surface area contributed by atoms with Gasteiger partial charge < -0.3 is 15.0 Å². The van der Waals surface area contributed by atoms with E-state index in [1.54, 1.807) is 0 Å². The van der Waals surface area contributed by atoms with Crippen LogP contribution < -0.4 is 5.32 Å². The van der Waals surface area contributed by atoms with Gasteiger partial charge in [-0.15, -0.1) is 0 Å². The standard InChI is InChI=1S/C12H24N2O/c1-12(13-2)5-7-14(8-6-12)11-3-9-15-10-4-11/h11,13H,3-10H2,1-2H3. The van der Waals surface area contributed by atoms with E-state index in [1.807, 2.05) is 0 Å². The van der Waals surface area contributed by atoms with E-state index in [4.69, 9.17) is 4.74 Å². The van der Waals surface area contributed by atoms with Crippen LogP contribution in [0.3, 0.4) is 0 Å². The van der Waals surface area contributed by atoms with Crippen molar-refractivity contribution in [2.24, 2.45) is 0 Å². The van der Waals surface area contributed by atoms with Crippen molar-refractivity contribution in [2.75, 3.05) is 33.4 Å². The number of nitrogens with one attached hydrogen (secondary N) is 1. The molecule has 1 N–H and O–H groups in total. The fourth-order valence-corrected chi connectivity index (χ4v) is 2.68. The first-order chi connectivity index (χ1) is 7.23. The SMILES string of the molecule is CNC1(C)CCN(C2CCOCC2)CC1. The van der Waals surface area contributed by atoms with Gasteiger partial charge in [-0.05, 0) is 39.7 Å². The van der Waals surface area contributed by atoms with Gasteiger partial charge in [0.15, 0.2) is 0 Å². The Balaban J connectivity index is 1.82. The van der Waals surface area contributed by atoms with Crippen molar-refractivity contribution in [2.45, 2.75) is 44.2 Å². The van der Waals surface area contributed by atoms with Crippen LogP contribution in [-0.4, -0.2) is 49.8 Å². The van der Waals surface area contributed by atoms with Gasteiger partial charge in [0.05, 0.1) is 0 Å². The van der Waals surface area contributed by atoms with E-state index in [0.29, 0.717) is 5.54 Å². The molecule has 15 heavy (non-hydrogen) atoms.